The lowest BCUT2D eigenvalue weighted by atomic mass is 9.64. The van der Waals surface area contributed by atoms with E-state index in [9.17, 15) is 4.79 Å². The number of aliphatic carboxylic acids is 1. The van der Waals surface area contributed by atoms with E-state index in [1.165, 1.54) is 0 Å². The molecule has 1 aliphatic rings. The molecule has 2 rings (SSSR count). The van der Waals surface area contributed by atoms with Crippen molar-refractivity contribution in [3.63, 3.8) is 0 Å². The number of rotatable bonds is 2. The topological polar surface area (TPSA) is 63.3 Å². The highest BCUT2D eigenvalue weighted by molar-refractivity contribution is 5.81. The molecule has 0 spiro atoms. The third-order valence-electron chi connectivity index (χ3n) is 3.07. The Bertz CT molecular complexity index is 350. The van der Waals surface area contributed by atoms with Crippen molar-refractivity contribution >= 4 is 5.97 Å². The van der Waals surface area contributed by atoms with Crippen LogP contribution in [0.3, 0.4) is 0 Å². The third kappa shape index (κ3) is 1.21. The van der Waals surface area contributed by atoms with Gasteiger partial charge in [-0.3, -0.25) is 4.79 Å². The third-order valence-corrected chi connectivity index (χ3v) is 3.07. The Kier molecular flexibility index (Phi) is 2.04. The highest BCUT2D eigenvalue weighted by atomic mass is 16.4. The average Bonchev–Trinajstić information content (AvgIpc) is 2.16. The van der Waals surface area contributed by atoms with E-state index in [1.54, 1.807) is 0 Å². The van der Waals surface area contributed by atoms with Gasteiger partial charge in [0.25, 0.3) is 0 Å². The molecule has 0 aliphatic heterocycles. The summed E-state index contributed by atoms with van der Waals surface area (Å²) in [6.07, 6.45) is 1.44. The van der Waals surface area contributed by atoms with Gasteiger partial charge in [0, 0.05) is 5.92 Å². The molecule has 3 N–H and O–H groups in total. The van der Waals surface area contributed by atoms with Crippen molar-refractivity contribution in [2.75, 3.05) is 0 Å². The Hall–Kier alpha value is -1.35. The Morgan fingerprint density at radius 1 is 1.43 bits per heavy atom. The summed E-state index contributed by atoms with van der Waals surface area (Å²) in [5.74, 6) is -0.918. The van der Waals surface area contributed by atoms with Crippen molar-refractivity contribution in [2.24, 2.45) is 5.73 Å². The summed E-state index contributed by atoms with van der Waals surface area (Å²) in [6, 6.07) is 9.62. The minimum absolute atomic E-state index is 0.0267. The first-order valence-electron chi connectivity index (χ1n) is 4.72. The lowest BCUT2D eigenvalue weighted by Crippen LogP contribution is -2.59. The molecule has 0 aromatic heterocycles. The normalized spacial score (nSPS) is 30.8. The fraction of sp³-hybridized carbons (Fsp3) is 0.364. The number of benzene rings is 1. The van der Waals surface area contributed by atoms with Crippen molar-refractivity contribution in [3.8, 4) is 0 Å². The molecular weight excluding hydrogens is 178 g/mol. The number of carbonyl (C=O) groups is 1. The van der Waals surface area contributed by atoms with Crippen LogP contribution >= 0.6 is 0 Å². The second kappa shape index (κ2) is 3.10. The van der Waals surface area contributed by atoms with Crippen LogP contribution in [0.1, 0.15) is 24.3 Å². The Labute approximate surface area is 82.5 Å². The van der Waals surface area contributed by atoms with Gasteiger partial charge >= 0.3 is 5.97 Å². The zero-order valence-electron chi connectivity index (χ0n) is 7.81. The van der Waals surface area contributed by atoms with Gasteiger partial charge in [-0.1, -0.05) is 30.3 Å². The summed E-state index contributed by atoms with van der Waals surface area (Å²) < 4.78 is 0. The first kappa shape index (κ1) is 9.21. The van der Waals surface area contributed by atoms with Gasteiger partial charge < -0.3 is 10.8 Å². The predicted molar refractivity (Wildman–Crippen MR) is 53.0 cm³/mol. The van der Waals surface area contributed by atoms with Gasteiger partial charge in [-0.25, -0.2) is 0 Å². The van der Waals surface area contributed by atoms with Gasteiger partial charge in [-0.15, -0.1) is 0 Å². The molecule has 3 nitrogen and oxygen atoms in total. The summed E-state index contributed by atoms with van der Waals surface area (Å²) in [4.78, 5) is 11.0. The van der Waals surface area contributed by atoms with Crippen LogP contribution in [0, 0.1) is 0 Å². The number of nitrogens with two attached hydrogens (primary N) is 1. The molecule has 14 heavy (non-hydrogen) atoms. The zero-order chi connectivity index (χ0) is 10.2. The molecule has 1 fully saturated rings. The minimum atomic E-state index is -1.04. The van der Waals surface area contributed by atoms with Gasteiger partial charge in [0.1, 0.15) is 5.54 Å². The van der Waals surface area contributed by atoms with Crippen LogP contribution in [0.15, 0.2) is 30.3 Å². The molecule has 0 amide bonds. The molecule has 0 heterocycles. The summed E-state index contributed by atoms with van der Waals surface area (Å²) in [7, 11) is 0. The van der Waals surface area contributed by atoms with Crippen molar-refractivity contribution in [1.82, 2.24) is 0 Å². The van der Waals surface area contributed by atoms with E-state index in [0.29, 0.717) is 6.42 Å². The second-order valence-electron chi connectivity index (χ2n) is 3.85. The molecule has 2 atom stereocenters. The Morgan fingerprint density at radius 2 is 2.07 bits per heavy atom. The molecule has 0 unspecified atom stereocenters. The van der Waals surface area contributed by atoms with Crippen molar-refractivity contribution < 1.29 is 9.90 Å². The second-order valence-corrected chi connectivity index (χ2v) is 3.85. The maximum atomic E-state index is 11.0. The largest absolute Gasteiger partial charge is 0.480 e. The maximum Gasteiger partial charge on any atom is 0.324 e. The fourth-order valence-electron chi connectivity index (χ4n) is 2.01. The molecule has 1 aromatic carbocycles. The van der Waals surface area contributed by atoms with Crippen LogP contribution < -0.4 is 5.73 Å². The number of carboxylic acids is 1. The molecule has 0 radical (unpaired) electrons. The van der Waals surface area contributed by atoms with E-state index in [2.05, 4.69) is 0 Å². The Morgan fingerprint density at radius 3 is 2.50 bits per heavy atom. The predicted octanol–water partition coefficient (Wildman–Crippen LogP) is 1.35. The number of carboxylic acid groups (broad SMARTS) is 1. The zero-order valence-corrected chi connectivity index (χ0v) is 7.81. The van der Waals surface area contributed by atoms with Crippen LogP contribution in [-0.2, 0) is 4.79 Å². The summed E-state index contributed by atoms with van der Waals surface area (Å²) in [5.41, 5.74) is 5.81. The smallest absolute Gasteiger partial charge is 0.324 e. The summed E-state index contributed by atoms with van der Waals surface area (Å²) in [5, 5.41) is 9.00. The van der Waals surface area contributed by atoms with Crippen LogP contribution in [0.5, 0.6) is 0 Å². The van der Waals surface area contributed by atoms with Crippen molar-refractivity contribution in [3.05, 3.63) is 35.9 Å². The van der Waals surface area contributed by atoms with Gasteiger partial charge in [0.15, 0.2) is 0 Å². The van der Waals surface area contributed by atoms with E-state index >= 15 is 0 Å². The van der Waals surface area contributed by atoms with Crippen LogP contribution in [0.25, 0.3) is 0 Å². The van der Waals surface area contributed by atoms with Crippen molar-refractivity contribution in [1.29, 1.82) is 0 Å². The number of hydrogen-bond acceptors (Lipinski definition) is 2. The molecule has 1 aromatic rings. The fourth-order valence-corrected chi connectivity index (χ4v) is 2.01. The van der Waals surface area contributed by atoms with Crippen LogP contribution in [0.4, 0.5) is 0 Å². The summed E-state index contributed by atoms with van der Waals surface area (Å²) >= 11 is 0. The van der Waals surface area contributed by atoms with Gasteiger partial charge in [-0.2, -0.15) is 0 Å². The van der Waals surface area contributed by atoms with E-state index in [-0.39, 0.29) is 5.92 Å². The molecular formula is C11H13NO2. The lowest BCUT2D eigenvalue weighted by Gasteiger charge is -2.43. The first-order valence-corrected chi connectivity index (χ1v) is 4.72. The maximum absolute atomic E-state index is 11.0. The highest BCUT2D eigenvalue weighted by Gasteiger charge is 2.50. The molecule has 1 aliphatic carbocycles. The van der Waals surface area contributed by atoms with E-state index in [0.717, 1.165) is 12.0 Å². The van der Waals surface area contributed by atoms with Gasteiger partial charge in [0.05, 0.1) is 0 Å². The molecule has 3 heteroatoms. The molecule has 1 saturated carbocycles. The number of hydrogen-bond donors (Lipinski definition) is 2. The van der Waals surface area contributed by atoms with Crippen LogP contribution in [-0.4, -0.2) is 16.6 Å². The first-order chi connectivity index (χ1) is 6.64. The minimum Gasteiger partial charge on any atom is -0.480 e. The molecule has 74 valence electrons. The molecule has 0 bridgehead atoms. The standard InChI is InChI=1S/C11H13NO2/c12-11(10(13)14)7-6-9(11)8-4-2-1-3-5-8/h1-5,9H,6-7,12H2,(H,13,14)/t9-,11-/m0/s1. The van der Waals surface area contributed by atoms with E-state index in [1.807, 2.05) is 30.3 Å². The van der Waals surface area contributed by atoms with Gasteiger partial charge in [0.2, 0.25) is 0 Å². The monoisotopic (exact) mass is 191 g/mol. The van der Waals surface area contributed by atoms with Gasteiger partial charge in [-0.05, 0) is 18.4 Å². The lowest BCUT2D eigenvalue weighted by molar-refractivity contribution is -0.147. The van der Waals surface area contributed by atoms with E-state index in [4.69, 9.17) is 10.8 Å². The van der Waals surface area contributed by atoms with E-state index < -0.39 is 11.5 Å². The Balaban J connectivity index is 2.26. The quantitative estimate of drug-likeness (QED) is 0.741. The highest BCUT2D eigenvalue weighted by Crippen LogP contribution is 2.44. The average molecular weight is 191 g/mol. The summed E-state index contributed by atoms with van der Waals surface area (Å²) in [6.45, 7) is 0. The molecule has 0 saturated heterocycles. The SMILES string of the molecule is N[C@@]1(C(=O)O)CC[C@H]1c1ccccc1. The van der Waals surface area contributed by atoms with Crippen molar-refractivity contribution in [2.45, 2.75) is 24.3 Å². The van der Waals surface area contributed by atoms with Crippen LogP contribution in [0.2, 0.25) is 0 Å².